The van der Waals surface area contributed by atoms with Crippen molar-refractivity contribution in [3.05, 3.63) is 81.7 Å². The number of nitrogens with one attached hydrogen (secondary N) is 1. The molecule has 9 nitrogen and oxygen atoms in total. The van der Waals surface area contributed by atoms with Crippen LogP contribution in [0.5, 0.6) is 5.75 Å². The molecule has 4 aromatic rings. The number of carbonyl (C=O) groups is 1. The van der Waals surface area contributed by atoms with E-state index in [9.17, 15) is 14.0 Å². The molecule has 1 atom stereocenters. The van der Waals surface area contributed by atoms with Crippen molar-refractivity contribution in [2.45, 2.75) is 32.2 Å². The Hall–Kier alpha value is -4.08. The summed E-state index contributed by atoms with van der Waals surface area (Å²) in [7, 11) is 0. The first-order valence-corrected chi connectivity index (χ1v) is 11.5. The lowest BCUT2D eigenvalue weighted by atomic mass is 9.97. The largest absolute Gasteiger partial charge is 0.484 e. The minimum absolute atomic E-state index is 0.127. The number of hydrogen-bond donors (Lipinski definition) is 1. The van der Waals surface area contributed by atoms with E-state index in [-0.39, 0.29) is 35.3 Å². The zero-order valence-electron chi connectivity index (χ0n) is 19.3. The molecule has 0 bridgehead atoms. The summed E-state index contributed by atoms with van der Waals surface area (Å²) in [5.74, 6) is 0.286. The second-order valence-electron chi connectivity index (χ2n) is 8.78. The van der Waals surface area contributed by atoms with Gasteiger partial charge in [-0.2, -0.15) is 0 Å². The topological polar surface area (TPSA) is 106 Å². The Bertz CT molecular complexity index is 1400. The monoisotopic (exact) mass is 476 g/mol. The van der Waals surface area contributed by atoms with E-state index in [1.165, 1.54) is 24.3 Å². The van der Waals surface area contributed by atoms with Crippen LogP contribution in [0.3, 0.4) is 0 Å². The molecular formula is C25H25FN6O3. The summed E-state index contributed by atoms with van der Waals surface area (Å²) in [5, 5.41) is 8.16. The van der Waals surface area contributed by atoms with Crippen LogP contribution in [0.1, 0.15) is 35.7 Å². The molecule has 5 rings (SSSR count). The first-order chi connectivity index (χ1) is 17.0. The molecule has 180 valence electrons. The Morgan fingerprint density at radius 2 is 1.94 bits per heavy atom. The molecule has 0 saturated carbocycles. The third-order valence-corrected chi connectivity index (χ3v) is 6.18. The van der Waals surface area contributed by atoms with Crippen LogP contribution >= 0.6 is 0 Å². The van der Waals surface area contributed by atoms with Gasteiger partial charge in [-0.25, -0.2) is 14.1 Å². The number of fused-ring (bicyclic) bond motifs is 1. The fourth-order valence-electron chi connectivity index (χ4n) is 4.24. The lowest BCUT2D eigenvalue weighted by Crippen LogP contribution is -2.42. The van der Waals surface area contributed by atoms with Crippen molar-refractivity contribution in [2.24, 2.45) is 0 Å². The van der Waals surface area contributed by atoms with Gasteiger partial charge in [-0.05, 0) is 49.6 Å². The lowest BCUT2D eigenvalue weighted by molar-refractivity contribution is -0.134. The van der Waals surface area contributed by atoms with Gasteiger partial charge in [0.2, 0.25) is 0 Å². The van der Waals surface area contributed by atoms with Gasteiger partial charge in [-0.3, -0.25) is 9.59 Å². The van der Waals surface area contributed by atoms with Crippen molar-refractivity contribution in [3.8, 4) is 5.75 Å². The van der Waals surface area contributed by atoms with Crippen molar-refractivity contribution < 1.29 is 13.9 Å². The first-order valence-electron chi connectivity index (χ1n) is 11.5. The second kappa shape index (κ2) is 9.65. The molecule has 1 aliphatic heterocycles. The van der Waals surface area contributed by atoms with E-state index in [1.807, 2.05) is 31.2 Å². The maximum atomic E-state index is 13.1. The van der Waals surface area contributed by atoms with Crippen LogP contribution in [0, 0.1) is 12.7 Å². The molecule has 2 aromatic heterocycles. The second-order valence-corrected chi connectivity index (χ2v) is 8.78. The van der Waals surface area contributed by atoms with Gasteiger partial charge in [0, 0.05) is 19.0 Å². The fourth-order valence-corrected chi connectivity index (χ4v) is 4.24. The molecule has 35 heavy (non-hydrogen) atoms. The molecule has 0 radical (unpaired) electrons. The summed E-state index contributed by atoms with van der Waals surface area (Å²) in [6, 6.07) is 13.6. The molecule has 1 fully saturated rings. The summed E-state index contributed by atoms with van der Waals surface area (Å²) < 4.78 is 20.2. The minimum atomic E-state index is -0.364. The van der Waals surface area contributed by atoms with Gasteiger partial charge in [0.15, 0.2) is 17.8 Å². The van der Waals surface area contributed by atoms with Crippen molar-refractivity contribution in [3.63, 3.8) is 0 Å². The number of aryl methyl sites for hydroxylation is 1. The summed E-state index contributed by atoms with van der Waals surface area (Å²) in [6.45, 7) is 3.34. The molecule has 1 amide bonds. The number of amides is 1. The molecule has 10 heteroatoms. The van der Waals surface area contributed by atoms with E-state index in [0.29, 0.717) is 36.9 Å². The van der Waals surface area contributed by atoms with Crippen LogP contribution in [-0.2, 0) is 11.3 Å². The van der Waals surface area contributed by atoms with E-state index in [0.717, 1.165) is 24.0 Å². The van der Waals surface area contributed by atoms with Crippen LogP contribution in [-0.4, -0.2) is 55.5 Å². The maximum absolute atomic E-state index is 13.1. The number of nitrogens with zero attached hydrogens (tertiary/aromatic N) is 5. The Kier molecular flexibility index (Phi) is 6.26. The average Bonchev–Trinajstić information content (AvgIpc) is 3.28. The van der Waals surface area contributed by atoms with Crippen LogP contribution in [0.4, 0.5) is 4.39 Å². The molecule has 0 aliphatic carbocycles. The molecule has 2 aromatic carbocycles. The normalized spacial score (nSPS) is 15.9. The number of carbonyl (C=O) groups excluding carboxylic acids is 1. The SMILES string of the molecule is Cc1ccc(Cn2nnc3c(=O)[nH]c([C@H]4CCCN(C(=O)COc5ccc(F)cc5)C4)nc32)cc1. The predicted molar refractivity (Wildman–Crippen MR) is 127 cm³/mol. The van der Waals surface area contributed by atoms with Gasteiger partial charge < -0.3 is 14.6 Å². The summed E-state index contributed by atoms with van der Waals surface area (Å²) >= 11 is 0. The number of aromatic nitrogens is 5. The summed E-state index contributed by atoms with van der Waals surface area (Å²) in [6.07, 6.45) is 1.56. The number of piperidine rings is 1. The van der Waals surface area contributed by atoms with Gasteiger partial charge in [0.1, 0.15) is 17.4 Å². The quantitative estimate of drug-likeness (QED) is 0.459. The summed E-state index contributed by atoms with van der Waals surface area (Å²) in [4.78, 5) is 34.7. The third-order valence-electron chi connectivity index (χ3n) is 6.18. The van der Waals surface area contributed by atoms with Crippen LogP contribution in [0.15, 0.2) is 53.3 Å². The maximum Gasteiger partial charge on any atom is 0.281 e. The van der Waals surface area contributed by atoms with Gasteiger partial charge in [0.25, 0.3) is 11.5 Å². The van der Waals surface area contributed by atoms with Gasteiger partial charge in [-0.1, -0.05) is 35.0 Å². The number of rotatable bonds is 6. The van der Waals surface area contributed by atoms with Crippen LogP contribution in [0.2, 0.25) is 0 Å². The molecule has 0 spiro atoms. The molecular weight excluding hydrogens is 451 g/mol. The number of likely N-dealkylation sites (tertiary alicyclic amines) is 1. The first kappa shape index (κ1) is 22.7. The highest BCUT2D eigenvalue weighted by molar-refractivity contribution is 5.78. The highest BCUT2D eigenvalue weighted by Crippen LogP contribution is 2.25. The number of H-pyrrole nitrogens is 1. The highest BCUT2D eigenvalue weighted by Gasteiger charge is 2.27. The number of ether oxygens (including phenoxy) is 1. The zero-order valence-corrected chi connectivity index (χ0v) is 19.3. The number of aromatic amines is 1. The van der Waals surface area contributed by atoms with Crippen LogP contribution in [0.25, 0.3) is 11.2 Å². The van der Waals surface area contributed by atoms with Crippen molar-refractivity contribution in [1.82, 2.24) is 29.9 Å². The van der Waals surface area contributed by atoms with E-state index in [4.69, 9.17) is 9.72 Å². The molecule has 1 saturated heterocycles. The molecule has 1 aliphatic rings. The van der Waals surface area contributed by atoms with Gasteiger partial charge >= 0.3 is 0 Å². The third kappa shape index (κ3) is 5.06. The fraction of sp³-hybridized carbons (Fsp3) is 0.320. The Morgan fingerprint density at radius 3 is 2.71 bits per heavy atom. The van der Waals surface area contributed by atoms with Gasteiger partial charge in [0.05, 0.1) is 6.54 Å². The molecule has 0 unspecified atom stereocenters. The molecule has 3 heterocycles. The average molecular weight is 477 g/mol. The number of halogens is 1. The van der Waals surface area contributed by atoms with Crippen molar-refractivity contribution in [1.29, 1.82) is 0 Å². The van der Waals surface area contributed by atoms with E-state index < -0.39 is 0 Å². The Labute approximate surface area is 200 Å². The number of hydrogen-bond acceptors (Lipinski definition) is 6. The van der Waals surface area contributed by atoms with E-state index in [1.54, 1.807) is 9.58 Å². The lowest BCUT2D eigenvalue weighted by Gasteiger charge is -2.32. The Morgan fingerprint density at radius 1 is 1.17 bits per heavy atom. The minimum Gasteiger partial charge on any atom is -0.484 e. The molecule has 1 N–H and O–H groups in total. The number of benzene rings is 2. The predicted octanol–water partition coefficient (Wildman–Crippen LogP) is 2.80. The summed E-state index contributed by atoms with van der Waals surface area (Å²) in [5.41, 5.74) is 2.46. The van der Waals surface area contributed by atoms with Crippen LogP contribution < -0.4 is 10.3 Å². The zero-order chi connectivity index (χ0) is 24.4. The smallest absolute Gasteiger partial charge is 0.281 e. The van der Waals surface area contributed by atoms with E-state index in [2.05, 4.69) is 15.3 Å². The Balaban J connectivity index is 1.31. The van der Waals surface area contributed by atoms with Crippen molar-refractivity contribution in [2.75, 3.05) is 19.7 Å². The van der Waals surface area contributed by atoms with Crippen molar-refractivity contribution >= 4 is 17.1 Å². The van der Waals surface area contributed by atoms with Gasteiger partial charge in [-0.15, -0.1) is 5.10 Å². The highest BCUT2D eigenvalue weighted by atomic mass is 19.1. The standard InChI is InChI=1S/C25H25FN6O3/c1-16-4-6-17(7-5-16)13-32-24-22(29-30-32)25(34)28-23(27-24)18-3-2-12-31(14-18)21(33)15-35-20-10-8-19(26)9-11-20/h4-11,18H,2-3,12-15H2,1H3,(H,27,28,34)/t18-/m0/s1. The van der Waals surface area contributed by atoms with E-state index >= 15 is 0 Å².